The van der Waals surface area contributed by atoms with Crippen molar-refractivity contribution in [2.24, 2.45) is 0 Å². The summed E-state index contributed by atoms with van der Waals surface area (Å²) in [5, 5.41) is 6.35. The molecule has 0 amide bonds. The van der Waals surface area contributed by atoms with Crippen LogP contribution in [0.2, 0.25) is 0 Å². The molecular weight excluding hydrogens is 268 g/mol. The lowest BCUT2D eigenvalue weighted by Crippen LogP contribution is -2.24. The Balaban J connectivity index is 1.94. The van der Waals surface area contributed by atoms with Crippen LogP contribution in [0, 0.1) is 0 Å². The van der Waals surface area contributed by atoms with Crippen molar-refractivity contribution in [2.75, 3.05) is 17.2 Å². The summed E-state index contributed by atoms with van der Waals surface area (Å²) in [5.74, 6) is 0.757. The molecule has 0 radical (unpaired) electrons. The Labute approximate surface area is 121 Å². The van der Waals surface area contributed by atoms with Gasteiger partial charge in [0.1, 0.15) is 12.1 Å². The molecule has 3 rings (SSSR count). The fourth-order valence-electron chi connectivity index (χ4n) is 2.21. The van der Waals surface area contributed by atoms with E-state index in [-0.39, 0.29) is 5.69 Å². The lowest BCUT2D eigenvalue weighted by Gasteiger charge is -2.22. The first-order valence-corrected chi connectivity index (χ1v) is 6.70. The molecule has 1 aromatic carbocycles. The van der Waals surface area contributed by atoms with E-state index in [0.29, 0.717) is 12.2 Å². The molecule has 3 N–H and O–H groups in total. The van der Waals surface area contributed by atoms with Gasteiger partial charge in [0.25, 0.3) is 0 Å². The lowest BCUT2D eigenvalue weighted by molar-refractivity contribution is 0.809. The highest BCUT2D eigenvalue weighted by Gasteiger charge is 2.10. The Morgan fingerprint density at radius 2 is 2.19 bits per heavy atom. The number of anilines is 2. The number of rotatable bonds is 4. The number of H-pyrrole nitrogens is 1. The van der Waals surface area contributed by atoms with E-state index in [0.717, 1.165) is 23.6 Å². The first-order chi connectivity index (χ1) is 10.2. The van der Waals surface area contributed by atoms with Gasteiger partial charge in [0.15, 0.2) is 5.65 Å². The molecule has 21 heavy (non-hydrogen) atoms. The van der Waals surface area contributed by atoms with Gasteiger partial charge in [0.2, 0.25) is 0 Å². The van der Waals surface area contributed by atoms with Gasteiger partial charge in [-0.1, -0.05) is 18.2 Å². The van der Waals surface area contributed by atoms with Gasteiger partial charge in [-0.2, -0.15) is 5.10 Å². The Morgan fingerprint density at radius 1 is 1.38 bits per heavy atom. The van der Waals surface area contributed by atoms with Crippen molar-refractivity contribution >= 4 is 17.2 Å². The molecular formula is C14H16N6O. The second-order valence-corrected chi connectivity index (χ2v) is 4.72. The molecule has 7 heteroatoms. The van der Waals surface area contributed by atoms with E-state index in [4.69, 9.17) is 5.73 Å². The molecule has 0 aliphatic rings. The number of hydrogen-bond acceptors (Lipinski definition) is 5. The van der Waals surface area contributed by atoms with Crippen molar-refractivity contribution in [3.63, 3.8) is 0 Å². The Morgan fingerprint density at radius 3 is 2.95 bits per heavy atom. The van der Waals surface area contributed by atoms with E-state index in [1.54, 1.807) is 6.07 Å². The third-order valence-corrected chi connectivity index (χ3v) is 3.42. The molecule has 0 fully saturated rings. The molecule has 0 unspecified atom stereocenters. The maximum Gasteiger partial charge on any atom is 0.348 e. The van der Waals surface area contributed by atoms with Crippen molar-refractivity contribution in [3.05, 3.63) is 52.7 Å². The van der Waals surface area contributed by atoms with Crippen molar-refractivity contribution in [3.8, 4) is 0 Å². The highest BCUT2D eigenvalue weighted by Crippen LogP contribution is 2.18. The zero-order valence-electron chi connectivity index (χ0n) is 11.7. The summed E-state index contributed by atoms with van der Waals surface area (Å²) in [5.41, 5.74) is 8.04. The molecule has 2 aromatic heterocycles. The number of nitrogens with one attached hydrogen (secondary N) is 1. The molecule has 0 atom stereocenters. The lowest BCUT2D eigenvalue weighted by atomic mass is 10.1. The van der Waals surface area contributed by atoms with Crippen LogP contribution in [0.4, 0.5) is 11.5 Å². The molecule has 0 bridgehead atoms. The first-order valence-electron chi connectivity index (χ1n) is 6.70. The van der Waals surface area contributed by atoms with Gasteiger partial charge in [-0.3, -0.25) is 0 Å². The van der Waals surface area contributed by atoms with Crippen LogP contribution >= 0.6 is 0 Å². The summed E-state index contributed by atoms with van der Waals surface area (Å²) in [6, 6.07) is 9.53. The zero-order chi connectivity index (χ0) is 14.8. The van der Waals surface area contributed by atoms with Crippen molar-refractivity contribution in [1.29, 1.82) is 0 Å². The van der Waals surface area contributed by atoms with Gasteiger partial charge in [0, 0.05) is 24.8 Å². The Kier molecular flexibility index (Phi) is 3.31. The molecule has 108 valence electrons. The number of benzene rings is 1. The molecule has 0 aliphatic carbocycles. The number of fused-ring (bicyclic) bond motifs is 1. The van der Waals surface area contributed by atoms with Gasteiger partial charge in [0.05, 0.1) is 0 Å². The Hall–Kier alpha value is -2.83. The minimum atomic E-state index is -0.292. The summed E-state index contributed by atoms with van der Waals surface area (Å²) in [6.07, 6.45) is 1.48. The quantitative estimate of drug-likeness (QED) is 0.698. The zero-order valence-corrected chi connectivity index (χ0v) is 11.7. The fraction of sp³-hybridized carbons (Fsp3) is 0.214. The fourth-order valence-corrected chi connectivity index (χ4v) is 2.21. The van der Waals surface area contributed by atoms with E-state index in [1.165, 1.54) is 10.7 Å². The topological polar surface area (TPSA) is 92.3 Å². The van der Waals surface area contributed by atoms with Gasteiger partial charge in [-0.15, -0.1) is 0 Å². The van der Waals surface area contributed by atoms with Crippen molar-refractivity contribution < 1.29 is 0 Å². The summed E-state index contributed by atoms with van der Waals surface area (Å²) in [7, 11) is 0. The highest BCUT2D eigenvalue weighted by atomic mass is 16.1. The summed E-state index contributed by atoms with van der Waals surface area (Å²) in [4.78, 5) is 17.8. The van der Waals surface area contributed by atoms with Gasteiger partial charge in [-0.05, 0) is 18.6 Å². The van der Waals surface area contributed by atoms with Crippen molar-refractivity contribution in [1.82, 2.24) is 19.6 Å². The summed E-state index contributed by atoms with van der Waals surface area (Å²) >= 11 is 0. The number of hydrogen-bond donors (Lipinski definition) is 2. The van der Waals surface area contributed by atoms with E-state index in [9.17, 15) is 4.79 Å². The largest absolute Gasteiger partial charge is 0.398 e. The van der Waals surface area contributed by atoms with Crippen LogP contribution in [0.1, 0.15) is 12.5 Å². The predicted octanol–water partition coefficient (Wildman–Crippen LogP) is 1.03. The number of nitrogens with two attached hydrogens (primary N) is 1. The summed E-state index contributed by atoms with van der Waals surface area (Å²) < 4.78 is 1.37. The Bertz CT molecular complexity index is 821. The van der Waals surface area contributed by atoms with E-state index < -0.39 is 0 Å². The minimum absolute atomic E-state index is 0.292. The minimum Gasteiger partial charge on any atom is -0.398 e. The second kappa shape index (κ2) is 5.28. The van der Waals surface area contributed by atoms with E-state index >= 15 is 0 Å². The third-order valence-electron chi connectivity index (χ3n) is 3.42. The number of para-hydroxylation sites is 1. The smallest absolute Gasteiger partial charge is 0.348 e. The molecule has 0 spiro atoms. The van der Waals surface area contributed by atoms with Gasteiger partial charge in [-0.25, -0.2) is 19.3 Å². The molecule has 0 aliphatic heterocycles. The van der Waals surface area contributed by atoms with Crippen LogP contribution in [-0.4, -0.2) is 26.1 Å². The number of aromatic amines is 1. The van der Waals surface area contributed by atoms with Crippen LogP contribution in [0.5, 0.6) is 0 Å². The summed E-state index contributed by atoms with van der Waals surface area (Å²) in [6.45, 7) is 3.47. The van der Waals surface area contributed by atoms with Crippen LogP contribution < -0.4 is 16.3 Å². The number of nitrogens with zero attached hydrogens (tertiary/aromatic N) is 4. The number of aromatic nitrogens is 4. The van der Waals surface area contributed by atoms with Crippen LogP contribution in [0.15, 0.2) is 41.5 Å². The molecule has 0 saturated carbocycles. The predicted molar refractivity (Wildman–Crippen MR) is 81.2 cm³/mol. The second-order valence-electron chi connectivity index (χ2n) is 4.72. The van der Waals surface area contributed by atoms with Crippen molar-refractivity contribution in [2.45, 2.75) is 13.5 Å². The van der Waals surface area contributed by atoms with Gasteiger partial charge >= 0.3 is 5.69 Å². The number of nitrogen functional groups attached to an aromatic ring is 1. The average Bonchev–Trinajstić information content (AvgIpc) is 2.87. The standard InChI is InChI=1S/C14H16N6O/c1-2-19(8-10-5-3-4-6-11(10)15)12-7-13-17-18-14(21)20(13)9-16-12/h3-7,9H,2,8,15H2,1H3,(H,18,21). The van der Waals surface area contributed by atoms with Crippen LogP contribution in [-0.2, 0) is 6.54 Å². The molecule has 3 aromatic rings. The third kappa shape index (κ3) is 2.45. The molecule has 7 nitrogen and oxygen atoms in total. The maximum atomic E-state index is 11.4. The van der Waals surface area contributed by atoms with Crippen LogP contribution in [0.25, 0.3) is 5.65 Å². The average molecular weight is 284 g/mol. The SMILES string of the molecule is CCN(Cc1ccccc1N)c1cc2n[nH]c(=O)n2cn1. The molecule has 2 heterocycles. The van der Waals surface area contributed by atoms with E-state index in [1.807, 2.05) is 31.2 Å². The maximum absolute atomic E-state index is 11.4. The van der Waals surface area contributed by atoms with Crippen LogP contribution in [0.3, 0.4) is 0 Å². The normalized spacial score (nSPS) is 10.9. The first kappa shape index (κ1) is 13.2. The van der Waals surface area contributed by atoms with Gasteiger partial charge < -0.3 is 10.6 Å². The highest BCUT2D eigenvalue weighted by molar-refractivity contribution is 5.53. The monoisotopic (exact) mass is 284 g/mol. The molecule has 0 saturated heterocycles. The van der Waals surface area contributed by atoms with E-state index in [2.05, 4.69) is 20.1 Å².